The molecule has 29 heavy (non-hydrogen) atoms. The molecule has 0 N–H and O–H groups in total. The highest BCUT2D eigenvalue weighted by atomic mass is 32.2. The summed E-state index contributed by atoms with van der Waals surface area (Å²) in [7, 11) is -10.3. The Morgan fingerprint density at radius 2 is 1.24 bits per heavy atom. The van der Waals surface area contributed by atoms with E-state index in [4.69, 9.17) is 18.1 Å². The van der Waals surface area contributed by atoms with Crippen molar-refractivity contribution in [3.8, 4) is 0 Å². The fourth-order valence-electron chi connectivity index (χ4n) is 2.03. The molecule has 1 aliphatic rings. The maximum Gasteiger partial charge on any atom is 0.355 e. The summed E-state index contributed by atoms with van der Waals surface area (Å²) in [6, 6.07) is 8.60. The average Bonchev–Trinajstić information content (AvgIpc) is 2.74. The topological polar surface area (TPSA) is 91.1 Å². The molecule has 0 fully saturated rings. The molecule has 0 saturated heterocycles. The normalized spacial score (nSPS) is 21.7. The summed E-state index contributed by atoms with van der Waals surface area (Å²) in [6.07, 6.45) is 6.09. The lowest BCUT2D eigenvalue weighted by atomic mass is 10.4. The Kier molecular flexibility index (Phi) is 8.99. The van der Waals surface area contributed by atoms with Gasteiger partial charge in [-0.05, 0) is 12.1 Å². The molecular formula is C18H25N3O5P2S. The van der Waals surface area contributed by atoms with E-state index >= 15 is 0 Å². The molecule has 158 valence electrons. The first-order chi connectivity index (χ1) is 14.0. The van der Waals surface area contributed by atoms with Crippen LogP contribution < -0.4 is 0 Å². The van der Waals surface area contributed by atoms with Crippen molar-refractivity contribution in [2.24, 2.45) is 12.8 Å². The van der Waals surface area contributed by atoms with Crippen LogP contribution in [-0.2, 0) is 28.0 Å². The Balaban J connectivity index is 2.82. The van der Waals surface area contributed by atoms with Crippen LogP contribution in [0, 0.1) is 0 Å². The Bertz CT molecular complexity index is 925. The van der Waals surface area contributed by atoms with Crippen LogP contribution in [0.1, 0.15) is 0 Å². The molecule has 0 saturated carbocycles. The number of benzene rings is 1. The first-order valence-corrected chi connectivity index (χ1v) is 13.1. The summed E-state index contributed by atoms with van der Waals surface area (Å²) in [4.78, 5) is 0.373. The third kappa shape index (κ3) is 6.20. The molecule has 1 aliphatic heterocycles. The van der Waals surface area contributed by atoms with Gasteiger partial charge in [-0.3, -0.25) is 0 Å². The predicted molar refractivity (Wildman–Crippen MR) is 119 cm³/mol. The molecule has 1 heterocycles. The molecule has 11 heteroatoms. The third-order valence-electron chi connectivity index (χ3n) is 3.15. The highest BCUT2D eigenvalue weighted by molar-refractivity contribution is 7.99. The second-order valence-corrected chi connectivity index (χ2v) is 11.9. The molecule has 0 aromatic heterocycles. The number of hydrogen-bond acceptors (Lipinski definition) is 7. The zero-order valence-corrected chi connectivity index (χ0v) is 18.6. The lowest BCUT2D eigenvalue weighted by molar-refractivity contribution is 0.267. The van der Waals surface area contributed by atoms with Crippen LogP contribution in [0.3, 0.4) is 0 Å². The minimum atomic E-state index is -3.44. The molecule has 0 radical (unpaired) electrons. The maximum absolute atomic E-state index is 13.9. The minimum absolute atomic E-state index is 0.0746. The van der Waals surface area contributed by atoms with Gasteiger partial charge in [-0.1, -0.05) is 42.5 Å². The van der Waals surface area contributed by atoms with Gasteiger partial charge in [0.1, 0.15) is 0 Å². The lowest BCUT2D eigenvalue weighted by Crippen LogP contribution is -2.08. The van der Waals surface area contributed by atoms with Crippen molar-refractivity contribution in [1.82, 2.24) is 0 Å². The van der Waals surface area contributed by atoms with Gasteiger partial charge in [0.15, 0.2) is 9.92 Å². The van der Waals surface area contributed by atoms with E-state index in [9.17, 15) is 4.21 Å². The van der Waals surface area contributed by atoms with E-state index in [1.807, 2.05) is 0 Å². The monoisotopic (exact) mass is 457 g/mol. The standard InChI is InChI=1S/C18H25N3O5P2S/c1-5-14-23-27(24-15-6-2)19-28(25-16-7-3,26-17-8-4)21-29(22,20-27)18-12-10-9-11-13-18/h5-13H,1-4,14-17H2. The third-order valence-corrected chi connectivity index (χ3v) is 11.2. The van der Waals surface area contributed by atoms with Gasteiger partial charge >= 0.3 is 15.3 Å². The number of rotatable bonds is 13. The van der Waals surface area contributed by atoms with Crippen LogP contribution in [0.25, 0.3) is 0 Å². The summed E-state index contributed by atoms with van der Waals surface area (Å²) < 4.78 is 50.5. The van der Waals surface area contributed by atoms with Crippen LogP contribution in [0.15, 0.2) is 98.6 Å². The van der Waals surface area contributed by atoms with Crippen molar-refractivity contribution in [3.63, 3.8) is 0 Å². The summed E-state index contributed by atoms with van der Waals surface area (Å²) in [5.74, 6) is 0. The molecule has 1 unspecified atom stereocenters. The van der Waals surface area contributed by atoms with Gasteiger partial charge in [-0.15, -0.1) is 39.1 Å². The Labute approximate surface area is 172 Å². The van der Waals surface area contributed by atoms with Gasteiger partial charge in [-0.25, -0.2) is 4.21 Å². The Morgan fingerprint density at radius 1 is 0.793 bits per heavy atom. The fraction of sp³-hybridized carbons (Fsp3) is 0.222. The molecule has 0 aliphatic carbocycles. The van der Waals surface area contributed by atoms with E-state index in [2.05, 4.69) is 39.1 Å². The van der Waals surface area contributed by atoms with Crippen molar-refractivity contribution in [2.45, 2.75) is 4.90 Å². The van der Waals surface area contributed by atoms with Crippen molar-refractivity contribution in [2.75, 3.05) is 26.4 Å². The largest absolute Gasteiger partial charge is 0.355 e. The van der Waals surface area contributed by atoms with Crippen LogP contribution in [0.4, 0.5) is 0 Å². The van der Waals surface area contributed by atoms with Gasteiger partial charge in [-0.2, -0.15) is 0 Å². The van der Waals surface area contributed by atoms with Gasteiger partial charge in [0.2, 0.25) is 0 Å². The lowest BCUT2D eigenvalue weighted by Gasteiger charge is -2.28. The first kappa shape index (κ1) is 23.7. The molecule has 0 bridgehead atoms. The van der Waals surface area contributed by atoms with E-state index in [0.717, 1.165) is 0 Å². The zero-order valence-electron chi connectivity index (χ0n) is 16.0. The molecule has 8 nitrogen and oxygen atoms in total. The maximum atomic E-state index is 13.9. The highest BCUT2D eigenvalue weighted by Gasteiger charge is 2.39. The SMILES string of the molecule is C=CCOP1(OCC=C)=NP(OCC=C)(OCC=C)=NS(=O)(c2ccccc2)=N1. The van der Waals surface area contributed by atoms with Crippen molar-refractivity contribution in [1.29, 1.82) is 0 Å². The molecule has 1 aromatic rings. The smallest absolute Gasteiger partial charge is 0.302 e. The molecular weight excluding hydrogens is 432 g/mol. The van der Waals surface area contributed by atoms with E-state index in [-0.39, 0.29) is 26.4 Å². The van der Waals surface area contributed by atoms with Crippen LogP contribution in [-0.4, -0.2) is 30.6 Å². The second-order valence-electron chi connectivity index (χ2n) is 5.38. The molecule has 1 atom stereocenters. The van der Waals surface area contributed by atoms with Crippen molar-refractivity contribution >= 4 is 25.2 Å². The molecule has 0 spiro atoms. The van der Waals surface area contributed by atoms with E-state index in [0.29, 0.717) is 4.90 Å². The summed E-state index contributed by atoms with van der Waals surface area (Å²) in [5, 5.41) is 0. The van der Waals surface area contributed by atoms with Crippen molar-refractivity contribution < 1.29 is 22.3 Å². The minimum Gasteiger partial charge on any atom is -0.302 e. The average molecular weight is 457 g/mol. The fourth-order valence-corrected chi connectivity index (χ4v) is 10.9. The van der Waals surface area contributed by atoms with Crippen LogP contribution >= 0.6 is 15.3 Å². The van der Waals surface area contributed by atoms with E-state index < -0.39 is 25.2 Å². The molecule has 0 amide bonds. The number of hydrogen-bond donors (Lipinski definition) is 0. The van der Waals surface area contributed by atoms with Crippen LogP contribution in [0.2, 0.25) is 0 Å². The van der Waals surface area contributed by atoms with Crippen LogP contribution in [0.5, 0.6) is 0 Å². The first-order valence-electron chi connectivity index (χ1n) is 8.60. The summed E-state index contributed by atoms with van der Waals surface area (Å²) in [5.41, 5.74) is 0. The molecule has 1 aromatic carbocycles. The highest BCUT2D eigenvalue weighted by Crippen LogP contribution is 2.71. The van der Waals surface area contributed by atoms with E-state index in [1.165, 1.54) is 24.3 Å². The zero-order chi connectivity index (χ0) is 21.2. The number of nitrogens with zero attached hydrogens (tertiary/aromatic N) is 3. The summed E-state index contributed by atoms with van der Waals surface area (Å²) in [6.45, 7) is 14.9. The second kappa shape index (κ2) is 11.0. The predicted octanol–water partition coefficient (Wildman–Crippen LogP) is 6.14. The quantitative estimate of drug-likeness (QED) is 0.262. The Morgan fingerprint density at radius 3 is 1.69 bits per heavy atom. The van der Waals surface area contributed by atoms with Gasteiger partial charge < -0.3 is 18.1 Å². The summed E-state index contributed by atoms with van der Waals surface area (Å²) >= 11 is 0. The Hall–Kier alpha value is -1.57. The van der Waals surface area contributed by atoms with E-state index in [1.54, 1.807) is 30.3 Å². The van der Waals surface area contributed by atoms with Crippen molar-refractivity contribution in [3.05, 3.63) is 81.0 Å². The van der Waals surface area contributed by atoms with Gasteiger partial charge in [0.25, 0.3) is 0 Å². The molecule has 2 rings (SSSR count). The van der Waals surface area contributed by atoms with Gasteiger partial charge in [0, 0.05) is 0 Å². The van der Waals surface area contributed by atoms with Gasteiger partial charge in [0.05, 0.1) is 31.3 Å².